The molecule has 1 aliphatic heterocycles. The molecule has 3 aromatic rings. The van der Waals surface area contributed by atoms with E-state index in [9.17, 15) is 13.2 Å². The van der Waals surface area contributed by atoms with Crippen LogP contribution in [-0.4, -0.2) is 69.9 Å². The smallest absolute Gasteiger partial charge is 0.282 e. The number of sulfonamides is 1. The van der Waals surface area contributed by atoms with Crippen molar-refractivity contribution >= 4 is 33.0 Å². The second-order valence-corrected chi connectivity index (χ2v) is 12.3. The number of fused-ring (bicyclic) bond motifs is 1. The summed E-state index contributed by atoms with van der Waals surface area (Å²) in [7, 11) is -2.13. The van der Waals surface area contributed by atoms with Crippen molar-refractivity contribution in [2.75, 3.05) is 33.5 Å². The number of nitrogens with zero attached hydrogens (tertiary/aromatic N) is 2. The molecule has 1 saturated carbocycles. The van der Waals surface area contributed by atoms with Crippen molar-refractivity contribution in [2.24, 2.45) is 16.2 Å². The van der Waals surface area contributed by atoms with Crippen LogP contribution in [0.5, 0.6) is 0 Å². The van der Waals surface area contributed by atoms with Crippen LogP contribution in [0.25, 0.3) is 22.2 Å². The lowest BCUT2D eigenvalue weighted by atomic mass is 9.81. The number of nitrogens with one attached hydrogen (secondary N) is 1. The topological polar surface area (TPSA) is 101 Å². The van der Waals surface area contributed by atoms with E-state index in [1.807, 2.05) is 24.0 Å². The molecule has 1 aliphatic carbocycles. The maximum absolute atomic E-state index is 13.0. The van der Waals surface area contributed by atoms with Gasteiger partial charge in [-0.05, 0) is 74.3 Å². The van der Waals surface area contributed by atoms with Gasteiger partial charge in [-0.15, -0.1) is 0 Å². The molecule has 8 nitrogen and oxygen atoms in total. The Kier molecular flexibility index (Phi) is 8.49. The number of rotatable bonds is 8. The molecule has 2 fully saturated rings. The van der Waals surface area contributed by atoms with Crippen LogP contribution in [0.3, 0.4) is 0 Å². The highest BCUT2D eigenvalue weighted by molar-refractivity contribution is 7.90. The minimum absolute atomic E-state index is 0.00199. The fourth-order valence-corrected chi connectivity index (χ4v) is 6.49. The summed E-state index contributed by atoms with van der Waals surface area (Å²) in [5.74, 6) is 0.255. The van der Waals surface area contributed by atoms with Crippen LogP contribution in [0.4, 0.5) is 0 Å². The quantitative estimate of drug-likeness (QED) is 0.404. The summed E-state index contributed by atoms with van der Waals surface area (Å²) in [6.07, 6.45) is 5.46. The van der Waals surface area contributed by atoms with Crippen molar-refractivity contribution in [1.29, 1.82) is 0 Å². The van der Waals surface area contributed by atoms with E-state index in [2.05, 4.69) is 33.6 Å². The van der Waals surface area contributed by atoms with Crippen LogP contribution in [0, 0.1) is 11.8 Å². The number of H-pyrrole nitrogens is 1. The number of morpholine rings is 1. The molecule has 208 valence electrons. The summed E-state index contributed by atoms with van der Waals surface area (Å²) in [6.45, 7) is 4.53. The molecule has 0 spiro atoms. The van der Waals surface area contributed by atoms with E-state index in [0.717, 1.165) is 54.3 Å². The summed E-state index contributed by atoms with van der Waals surface area (Å²) >= 11 is 0. The third-order valence-corrected chi connectivity index (χ3v) is 9.18. The molecule has 0 bridgehead atoms. The van der Waals surface area contributed by atoms with Gasteiger partial charge in [-0.1, -0.05) is 30.3 Å². The minimum Gasteiger partial charge on any atom is -0.384 e. The minimum atomic E-state index is -3.83. The van der Waals surface area contributed by atoms with Gasteiger partial charge in [-0.3, -0.25) is 4.79 Å². The predicted molar refractivity (Wildman–Crippen MR) is 152 cm³/mol. The normalized spacial score (nSPS) is 22.5. The largest absolute Gasteiger partial charge is 0.384 e. The van der Waals surface area contributed by atoms with Gasteiger partial charge in [-0.25, -0.2) is 0 Å². The number of benzene rings is 2. The Labute approximate surface area is 230 Å². The molecule has 1 atom stereocenters. The highest BCUT2D eigenvalue weighted by Gasteiger charge is 2.32. The lowest BCUT2D eigenvalue weighted by Crippen LogP contribution is -2.49. The number of hydrogen-bond donors (Lipinski definition) is 1. The van der Waals surface area contributed by atoms with Gasteiger partial charge in [0.2, 0.25) is 5.91 Å². The molecule has 1 amide bonds. The van der Waals surface area contributed by atoms with Crippen LogP contribution in [0.15, 0.2) is 57.8 Å². The van der Waals surface area contributed by atoms with Gasteiger partial charge in [0.1, 0.15) is 0 Å². The second kappa shape index (κ2) is 12.0. The Balaban J connectivity index is 1.22. The molecule has 2 aliphatic rings. The Morgan fingerprint density at radius 1 is 1.13 bits per heavy atom. The lowest BCUT2D eigenvalue weighted by molar-refractivity contribution is -0.144. The monoisotopic (exact) mass is 551 g/mol. The van der Waals surface area contributed by atoms with Gasteiger partial charge < -0.3 is 19.4 Å². The Hall–Kier alpha value is -3.01. The average molecular weight is 552 g/mol. The number of carbonyl (C=O) groups excluding carboxylic acids is 1. The van der Waals surface area contributed by atoms with Gasteiger partial charge in [0.15, 0.2) is 0 Å². The number of ether oxygens (including phenoxy) is 2. The average Bonchev–Trinajstić information content (AvgIpc) is 3.39. The van der Waals surface area contributed by atoms with Crippen LogP contribution in [-0.2, 0) is 30.7 Å². The number of carbonyl (C=O) groups is 1. The summed E-state index contributed by atoms with van der Waals surface area (Å²) in [4.78, 5) is 18.4. The van der Waals surface area contributed by atoms with E-state index < -0.39 is 10.0 Å². The van der Waals surface area contributed by atoms with Gasteiger partial charge >= 0.3 is 0 Å². The molecule has 0 unspecified atom stereocenters. The maximum Gasteiger partial charge on any atom is 0.282 e. The molecular formula is C30H37N3O5S. The number of hydrogen-bond acceptors (Lipinski definition) is 5. The lowest BCUT2D eigenvalue weighted by Gasteiger charge is -2.37. The van der Waals surface area contributed by atoms with E-state index in [1.54, 1.807) is 25.5 Å². The van der Waals surface area contributed by atoms with E-state index in [1.165, 1.54) is 5.56 Å². The van der Waals surface area contributed by atoms with Crippen molar-refractivity contribution in [2.45, 2.75) is 50.0 Å². The van der Waals surface area contributed by atoms with E-state index in [4.69, 9.17) is 9.47 Å². The van der Waals surface area contributed by atoms with Crippen molar-refractivity contribution in [3.8, 4) is 11.3 Å². The molecule has 1 N–H and O–H groups in total. The van der Waals surface area contributed by atoms with Crippen molar-refractivity contribution < 1.29 is 22.7 Å². The molecular weight excluding hydrogens is 514 g/mol. The first kappa shape index (κ1) is 27.6. The van der Waals surface area contributed by atoms with Crippen LogP contribution < -0.4 is 0 Å². The van der Waals surface area contributed by atoms with Gasteiger partial charge in [0.25, 0.3) is 10.0 Å². The second-order valence-electron chi connectivity index (χ2n) is 10.7. The number of amides is 1. The molecule has 2 heterocycles. The van der Waals surface area contributed by atoms with Crippen molar-refractivity contribution in [3.05, 3.63) is 54.1 Å². The van der Waals surface area contributed by atoms with Gasteiger partial charge in [0, 0.05) is 42.4 Å². The first-order valence-electron chi connectivity index (χ1n) is 13.7. The standard InChI is InChI=1S/C30H37N3O5S/c1-21-20-38-16-14-33(21)30(34)25-9-5-23(6-10-25)19-31-39(35,36)27-12-11-26-17-28(32-29(26)18-27)24-7-3-22(4-8-24)13-15-37-2/h3-4,7-8,11-12,17-19,21,23,25,32H,5-6,9-10,13-16,20H2,1-2H3/b31-19+/t21-,23?,25?/m0/s1. The van der Waals surface area contributed by atoms with Crippen molar-refractivity contribution in [1.82, 2.24) is 9.88 Å². The molecule has 2 aromatic carbocycles. The molecule has 5 rings (SSSR count). The third-order valence-electron chi connectivity index (χ3n) is 7.93. The van der Waals surface area contributed by atoms with Crippen molar-refractivity contribution in [3.63, 3.8) is 0 Å². The highest BCUT2D eigenvalue weighted by atomic mass is 32.2. The molecule has 1 saturated heterocycles. The fourth-order valence-electron chi connectivity index (χ4n) is 5.52. The SMILES string of the molecule is COCCc1ccc(-c2cc3ccc(S(=O)(=O)/N=C/C4CCC(C(=O)N5CCOC[C@@H]5C)CC4)cc3[nH]2)cc1. The van der Waals surface area contributed by atoms with Gasteiger partial charge in [0.05, 0.1) is 30.8 Å². The van der Waals surface area contributed by atoms with E-state index in [0.29, 0.717) is 26.4 Å². The van der Waals surface area contributed by atoms with E-state index in [-0.39, 0.29) is 28.7 Å². The zero-order chi connectivity index (χ0) is 27.4. The molecule has 1 aromatic heterocycles. The summed E-state index contributed by atoms with van der Waals surface area (Å²) < 4.78 is 40.7. The molecule has 0 radical (unpaired) electrons. The molecule has 9 heteroatoms. The predicted octanol–water partition coefficient (Wildman–Crippen LogP) is 4.84. The summed E-state index contributed by atoms with van der Waals surface area (Å²) in [5, 5.41) is 0.939. The third kappa shape index (κ3) is 6.42. The highest BCUT2D eigenvalue weighted by Crippen LogP contribution is 2.31. The number of aromatic nitrogens is 1. The number of methoxy groups -OCH3 is 1. The zero-order valence-corrected chi connectivity index (χ0v) is 23.5. The Morgan fingerprint density at radius 2 is 1.90 bits per heavy atom. The van der Waals surface area contributed by atoms with Crippen LogP contribution in [0.1, 0.15) is 38.2 Å². The van der Waals surface area contributed by atoms with Gasteiger partial charge in [-0.2, -0.15) is 12.8 Å². The fraction of sp³-hybridized carbons (Fsp3) is 0.467. The van der Waals surface area contributed by atoms with Crippen LogP contribution in [0.2, 0.25) is 0 Å². The van der Waals surface area contributed by atoms with E-state index >= 15 is 0 Å². The maximum atomic E-state index is 13.0. The summed E-state index contributed by atoms with van der Waals surface area (Å²) in [5.41, 5.74) is 3.92. The number of aromatic amines is 1. The first-order valence-corrected chi connectivity index (χ1v) is 15.2. The Bertz CT molecular complexity index is 1420. The first-order chi connectivity index (χ1) is 18.8. The van der Waals surface area contributed by atoms with Crippen LogP contribution >= 0.6 is 0 Å². The molecule has 39 heavy (non-hydrogen) atoms. The Morgan fingerprint density at radius 3 is 2.62 bits per heavy atom. The summed E-state index contributed by atoms with van der Waals surface area (Å²) in [6, 6.07) is 15.5. The zero-order valence-electron chi connectivity index (χ0n) is 22.6.